The van der Waals surface area contributed by atoms with Gasteiger partial charge in [-0.1, -0.05) is 6.07 Å². The van der Waals surface area contributed by atoms with Crippen molar-refractivity contribution in [3.8, 4) is 51.6 Å². The third-order valence-corrected chi connectivity index (χ3v) is 5.85. The molecule has 0 radical (unpaired) electrons. The minimum atomic E-state index is -1.38. The molecule has 4 rings (SSSR count). The number of hydrogen-bond donors (Lipinski definition) is 5. The van der Waals surface area contributed by atoms with E-state index >= 15 is 0 Å². The molecule has 11 heteroatoms. The molecule has 2 unspecified atom stereocenters. The van der Waals surface area contributed by atoms with Crippen LogP contribution >= 0.6 is 0 Å². The monoisotopic (exact) mass is 526 g/mol. The highest BCUT2D eigenvalue weighted by Gasteiger charge is 2.28. The number of rotatable bonds is 9. The van der Waals surface area contributed by atoms with Crippen molar-refractivity contribution in [2.24, 2.45) is 0 Å². The van der Waals surface area contributed by atoms with Crippen LogP contribution in [0.4, 0.5) is 0 Å². The first-order valence-electron chi connectivity index (χ1n) is 11.3. The van der Waals surface area contributed by atoms with Gasteiger partial charge < -0.3 is 48.9 Å². The summed E-state index contributed by atoms with van der Waals surface area (Å²) in [7, 11) is 4.12. The number of aromatic hydroxyl groups is 3. The Balaban J connectivity index is 1.82. The van der Waals surface area contributed by atoms with E-state index in [0.29, 0.717) is 11.1 Å². The number of methoxy groups -OCH3 is 3. The second-order valence-corrected chi connectivity index (χ2v) is 8.24. The summed E-state index contributed by atoms with van der Waals surface area (Å²) in [6, 6.07) is 10.8. The molecule has 0 amide bonds. The lowest BCUT2D eigenvalue weighted by Crippen LogP contribution is -2.27. The third kappa shape index (κ3) is 4.97. The summed E-state index contributed by atoms with van der Waals surface area (Å²) in [5.41, 5.74) is 0.160. The maximum absolute atomic E-state index is 12.7. The van der Waals surface area contributed by atoms with E-state index in [9.17, 15) is 30.3 Å². The van der Waals surface area contributed by atoms with E-state index in [1.807, 2.05) is 0 Å². The molecule has 0 aliphatic heterocycles. The molecule has 0 spiro atoms. The van der Waals surface area contributed by atoms with Crippen molar-refractivity contribution in [2.75, 3.05) is 27.9 Å². The van der Waals surface area contributed by atoms with Gasteiger partial charge in [0.25, 0.3) is 0 Å². The number of ether oxygens (including phenoxy) is 4. The SMILES string of the molecule is COc1cc(C(Oc2c(OC)cc(-c3cc(=O)c4c(O)cc(O)cc4o3)cc2OC)C(O)CO)ccc1O. The lowest BCUT2D eigenvalue weighted by molar-refractivity contribution is -0.00396. The summed E-state index contributed by atoms with van der Waals surface area (Å²) >= 11 is 0. The van der Waals surface area contributed by atoms with Crippen molar-refractivity contribution in [2.45, 2.75) is 12.2 Å². The van der Waals surface area contributed by atoms with Gasteiger partial charge in [0.2, 0.25) is 5.75 Å². The fraction of sp³-hybridized carbons (Fsp3) is 0.222. The molecular weight excluding hydrogens is 500 g/mol. The van der Waals surface area contributed by atoms with Crippen LogP contribution in [0.25, 0.3) is 22.3 Å². The first-order valence-corrected chi connectivity index (χ1v) is 11.3. The Kier molecular flexibility index (Phi) is 7.51. The smallest absolute Gasteiger partial charge is 0.204 e. The number of aliphatic hydroxyl groups is 2. The Morgan fingerprint density at radius 2 is 1.50 bits per heavy atom. The van der Waals surface area contributed by atoms with Crippen LogP contribution < -0.4 is 24.4 Å². The lowest BCUT2D eigenvalue weighted by atomic mass is 10.0. The van der Waals surface area contributed by atoms with Gasteiger partial charge in [-0.25, -0.2) is 0 Å². The van der Waals surface area contributed by atoms with E-state index in [4.69, 9.17) is 23.4 Å². The molecule has 1 heterocycles. The standard InChI is InChI=1S/C27H26O11/c1-34-21-6-13(4-5-16(21)30)26(19(33)12-28)38-27-23(35-2)7-14(8-24(27)36-3)20-11-18(32)25-17(31)9-15(29)10-22(25)37-20/h4-11,19,26,28-31,33H,12H2,1-3H3. The number of fused-ring (bicyclic) bond motifs is 1. The van der Waals surface area contributed by atoms with Crippen LogP contribution in [0, 0.1) is 0 Å². The van der Waals surface area contributed by atoms with E-state index in [1.54, 1.807) is 0 Å². The van der Waals surface area contributed by atoms with Crippen molar-refractivity contribution in [3.05, 3.63) is 64.3 Å². The zero-order valence-electron chi connectivity index (χ0n) is 20.7. The molecule has 0 bridgehead atoms. The van der Waals surface area contributed by atoms with Gasteiger partial charge in [0, 0.05) is 23.8 Å². The second-order valence-electron chi connectivity index (χ2n) is 8.24. The zero-order chi connectivity index (χ0) is 27.6. The molecule has 200 valence electrons. The van der Waals surface area contributed by atoms with Crippen LogP contribution in [0.15, 0.2) is 57.7 Å². The average molecular weight is 526 g/mol. The topological polar surface area (TPSA) is 168 Å². The van der Waals surface area contributed by atoms with Crippen molar-refractivity contribution >= 4 is 11.0 Å². The Labute approximate surface area is 216 Å². The molecule has 3 aromatic carbocycles. The van der Waals surface area contributed by atoms with Gasteiger partial charge >= 0.3 is 0 Å². The van der Waals surface area contributed by atoms with E-state index < -0.39 is 30.0 Å². The van der Waals surface area contributed by atoms with Crippen LogP contribution in [0.2, 0.25) is 0 Å². The van der Waals surface area contributed by atoms with Gasteiger partial charge in [-0.3, -0.25) is 4.79 Å². The maximum Gasteiger partial charge on any atom is 0.204 e. The lowest BCUT2D eigenvalue weighted by Gasteiger charge is -2.26. The minimum Gasteiger partial charge on any atom is -0.508 e. The largest absolute Gasteiger partial charge is 0.508 e. The fourth-order valence-electron chi connectivity index (χ4n) is 4.00. The fourth-order valence-corrected chi connectivity index (χ4v) is 4.00. The number of phenols is 3. The Morgan fingerprint density at radius 3 is 2.11 bits per heavy atom. The van der Waals surface area contributed by atoms with Gasteiger partial charge in [-0.05, 0) is 29.8 Å². The minimum absolute atomic E-state index is 0.0318. The summed E-state index contributed by atoms with van der Waals surface area (Å²) in [6.07, 6.45) is -2.51. The maximum atomic E-state index is 12.7. The Hall–Kier alpha value is -4.61. The average Bonchev–Trinajstić information content (AvgIpc) is 2.90. The molecule has 0 aliphatic rings. The van der Waals surface area contributed by atoms with Crippen molar-refractivity contribution < 1.29 is 48.9 Å². The van der Waals surface area contributed by atoms with E-state index in [1.165, 1.54) is 63.8 Å². The summed E-state index contributed by atoms with van der Waals surface area (Å²) in [4.78, 5) is 12.7. The normalized spacial score (nSPS) is 12.7. The molecular formula is C27H26O11. The van der Waals surface area contributed by atoms with Crippen LogP contribution in [0.1, 0.15) is 11.7 Å². The molecule has 11 nitrogen and oxygen atoms in total. The second kappa shape index (κ2) is 10.8. The number of hydrogen-bond acceptors (Lipinski definition) is 11. The van der Waals surface area contributed by atoms with Crippen LogP contribution in [-0.4, -0.2) is 59.6 Å². The first kappa shape index (κ1) is 26.5. The first-order chi connectivity index (χ1) is 18.2. The van der Waals surface area contributed by atoms with Crippen LogP contribution in [0.5, 0.6) is 40.2 Å². The van der Waals surface area contributed by atoms with Crippen molar-refractivity contribution in [3.63, 3.8) is 0 Å². The highest BCUT2D eigenvalue weighted by Crippen LogP contribution is 2.45. The van der Waals surface area contributed by atoms with E-state index in [2.05, 4.69) is 0 Å². The van der Waals surface area contributed by atoms with Gasteiger partial charge in [-0.15, -0.1) is 0 Å². The third-order valence-electron chi connectivity index (χ3n) is 5.85. The van der Waals surface area contributed by atoms with E-state index in [0.717, 1.165) is 6.07 Å². The van der Waals surface area contributed by atoms with Gasteiger partial charge in [0.1, 0.15) is 34.3 Å². The molecule has 1 aromatic heterocycles. The summed E-state index contributed by atoms with van der Waals surface area (Å²) < 4.78 is 28.0. The molecule has 0 aliphatic carbocycles. The highest BCUT2D eigenvalue weighted by atomic mass is 16.6. The van der Waals surface area contributed by atoms with Gasteiger partial charge in [0.05, 0.1) is 27.9 Å². The molecule has 0 saturated carbocycles. The van der Waals surface area contributed by atoms with Gasteiger partial charge in [-0.2, -0.15) is 0 Å². The molecule has 0 fully saturated rings. The summed E-state index contributed by atoms with van der Waals surface area (Å²) in [5, 5.41) is 49.9. The predicted octanol–water partition coefficient (Wildman–Crippen LogP) is 3.08. The Bertz CT molecular complexity index is 1500. The van der Waals surface area contributed by atoms with Crippen LogP contribution in [-0.2, 0) is 0 Å². The molecule has 0 saturated heterocycles. The quantitative estimate of drug-likeness (QED) is 0.217. The molecule has 2 atom stereocenters. The van der Waals surface area contributed by atoms with Gasteiger partial charge in [0.15, 0.2) is 34.5 Å². The van der Waals surface area contributed by atoms with Crippen LogP contribution in [0.3, 0.4) is 0 Å². The molecule has 4 aromatic rings. The number of benzene rings is 3. The molecule has 38 heavy (non-hydrogen) atoms. The zero-order valence-corrected chi connectivity index (χ0v) is 20.7. The number of aliphatic hydroxyl groups excluding tert-OH is 2. The predicted molar refractivity (Wildman–Crippen MR) is 135 cm³/mol. The van der Waals surface area contributed by atoms with Crippen molar-refractivity contribution in [1.29, 1.82) is 0 Å². The Morgan fingerprint density at radius 1 is 0.842 bits per heavy atom. The molecule has 5 N–H and O–H groups in total. The van der Waals surface area contributed by atoms with E-state index in [-0.39, 0.29) is 51.2 Å². The number of phenolic OH excluding ortho intramolecular Hbond substituents is 3. The summed E-state index contributed by atoms with van der Waals surface area (Å²) in [5.74, 6) is -0.242. The van der Waals surface area contributed by atoms with Crippen molar-refractivity contribution in [1.82, 2.24) is 0 Å². The highest BCUT2D eigenvalue weighted by molar-refractivity contribution is 5.86. The summed E-state index contributed by atoms with van der Waals surface area (Å²) in [6.45, 7) is -0.640.